The van der Waals surface area contributed by atoms with Crippen LogP contribution in [0.2, 0.25) is 0 Å². The van der Waals surface area contributed by atoms with Gasteiger partial charge in [-0.3, -0.25) is 34.1 Å². The molecule has 2 saturated heterocycles. The molecule has 0 spiro atoms. The zero-order valence-corrected chi connectivity index (χ0v) is 45.0. The molecule has 2 fully saturated rings. The number of likely N-dealkylation sites (N-methyl/N-ethyl adjacent to an activating group) is 1. The van der Waals surface area contributed by atoms with E-state index >= 15 is 0 Å². The van der Waals surface area contributed by atoms with E-state index in [0.717, 1.165) is 108 Å². The molecule has 1 aromatic heterocycles. The molecule has 10 rings (SSSR count). The van der Waals surface area contributed by atoms with Crippen molar-refractivity contribution in [2.24, 2.45) is 9.98 Å². The van der Waals surface area contributed by atoms with Crippen molar-refractivity contribution in [3.63, 3.8) is 0 Å². The van der Waals surface area contributed by atoms with E-state index < -0.39 is 12.3 Å². The zero-order valence-electron chi connectivity index (χ0n) is 45.0. The van der Waals surface area contributed by atoms with E-state index in [0.29, 0.717) is 62.8 Å². The van der Waals surface area contributed by atoms with Crippen LogP contribution in [0.3, 0.4) is 0 Å². The summed E-state index contributed by atoms with van der Waals surface area (Å²) in [6.45, 7) is 12.3. The van der Waals surface area contributed by atoms with Crippen molar-refractivity contribution in [2.45, 2.75) is 83.4 Å². The highest BCUT2D eigenvalue weighted by molar-refractivity contribution is 6.13. The number of likely N-dealkylation sites (tertiary alicyclic amines) is 1. The maximum absolute atomic E-state index is 14.4. The summed E-state index contributed by atoms with van der Waals surface area (Å²) in [5.41, 5.74) is 19.0. The molecule has 1 unspecified atom stereocenters. The van der Waals surface area contributed by atoms with Gasteiger partial charge in [-0.1, -0.05) is 24.3 Å². The number of fused-ring (bicyclic) bond motifs is 2. The Labute approximate surface area is 456 Å². The van der Waals surface area contributed by atoms with Crippen LogP contribution < -0.4 is 24.8 Å². The SMILES string of the molecule is C=C1C[C@@H](C(OCC)n2cnc(CCC(=O)CCCN3C(=O)C=CC3=O)c2)N(C(=O)c2cc(OC)c(OCCCCCOc3ccc(C4=Nc5ccc(C6=Nc7cc(N8CCN(C)CC8)ccc7C6)cc5C4)cc3)cc2N)C1. The Morgan fingerprint density at radius 2 is 1.53 bits per heavy atom. The molecule has 5 aromatic rings. The fraction of sp³-hybridized carbons (Fsp3) is 0.393. The average Bonchev–Trinajstić information content (AvgIpc) is 4.33. The van der Waals surface area contributed by atoms with Gasteiger partial charge >= 0.3 is 0 Å². The lowest BCUT2D eigenvalue weighted by Crippen LogP contribution is -2.44. The number of anilines is 2. The number of carbonyl (C=O) groups is 4. The highest BCUT2D eigenvalue weighted by Gasteiger charge is 2.39. The Hall–Kier alpha value is -7.89. The second-order valence-corrected chi connectivity index (χ2v) is 20.7. The maximum atomic E-state index is 14.4. The Kier molecular flexibility index (Phi) is 16.6. The summed E-state index contributed by atoms with van der Waals surface area (Å²) in [4.78, 5) is 73.1. The van der Waals surface area contributed by atoms with E-state index in [4.69, 9.17) is 34.7 Å². The minimum atomic E-state index is -0.581. The minimum absolute atomic E-state index is 0.0149. The molecule has 0 radical (unpaired) electrons. The van der Waals surface area contributed by atoms with Crippen LogP contribution in [-0.4, -0.2) is 138 Å². The predicted octanol–water partition coefficient (Wildman–Crippen LogP) is 8.42. The molecule has 6 heterocycles. The molecule has 2 N–H and O–H groups in total. The number of carbonyl (C=O) groups excluding carboxylic acids is 4. The number of aryl methyl sites for hydroxylation is 1. The van der Waals surface area contributed by atoms with Crippen molar-refractivity contribution in [3.05, 3.63) is 143 Å². The van der Waals surface area contributed by atoms with Gasteiger partial charge in [-0.25, -0.2) is 4.98 Å². The Morgan fingerprint density at radius 1 is 0.795 bits per heavy atom. The van der Waals surface area contributed by atoms with Crippen molar-refractivity contribution in [2.75, 3.05) is 83.9 Å². The topological polar surface area (TPSA) is 187 Å². The molecule has 17 nitrogen and oxygen atoms in total. The monoisotopic (exact) mass is 1060 g/mol. The van der Waals surface area contributed by atoms with Crippen molar-refractivity contribution < 1.29 is 38.1 Å². The first-order valence-corrected chi connectivity index (χ1v) is 27.3. The van der Waals surface area contributed by atoms with Gasteiger partial charge in [0, 0.05) is 107 Å². The lowest BCUT2D eigenvalue weighted by Gasteiger charge is -2.34. The third-order valence-corrected chi connectivity index (χ3v) is 15.2. The number of nitrogen functional groups attached to an aromatic ring is 1. The van der Waals surface area contributed by atoms with Gasteiger partial charge in [0.1, 0.15) is 11.5 Å². The van der Waals surface area contributed by atoms with Gasteiger partial charge in [0.25, 0.3) is 17.7 Å². The van der Waals surface area contributed by atoms with Crippen molar-refractivity contribution in [3.8, 4) is 17.2 Å². The van der Waals surface area contributed by atoms with Crippen molar-refractivity contribution in [1.82, 2.24) is 24.3 Å². The van der Waals surface area contributed by atoms with Crippen LogP contribution in [0.4, 0.5) is 22.7 Å². The number of methoxy groups -OCH3 is 1. The number of ketones is 1. The number of imidazole rings is 1. The van der Waals surface area contributed by atoms with E-state index in [1.165, 1.54) is 36.1 Å². The zero-order chi connectivity index (χ0) is 54.3. The van der Waals surface area contributed by atoms with E-state index in [9.17, 15) is 19.2 Å². The number of hydrogen-bond donors (Lipinski definition) is 1. The average molecular weight is 1060 g/mol. The number of aromatic nitrogens is 2. The molecule has 4 aromatic carbocycles. The molecule has 0 bridgehead atoms. The third kappa shape index (κ3) is 12.3. The number of rotatable bonds is 24. The highest BCUT2D eigenvalue weighted by atomic mass is 16.5. The predicted molar refractivity (Wildman–Crippen MR) is 301 cm³/mol. The van der Waals surface area contributed by atoms with Crippen LogP contribution in [0, 0.1) is 0 Å². The molecular formula is C61H69N9O8. The summed E-state index contributed by atoms with van der Waals surface area (Å²) >= 11 is 0. The first kappa shape index (κ1) is 53.5. The molecule has 3 amide bonds. The molecule has 17 heteroatoms. The Bertz CT molecular complexity index is 3150. The Morgan fingerprint density at radius 3 is 2.29 bits per heavy atom. The van der Waals surface area contributed by atoms with Crippen LogP contribution in [0.15, 0.2) is 120 Å². The number of Topliss-reactive ketones (excluding diaryl/α,β-unsaturated/α-hetero) is 1. The second-order valence-electron chi connectivity index (χ2n) is 20.7. The first-order chi connectivity index (χ1) is 37.9. The Balaban J connectivity index is 0.659. The molecule has 406 valence electrons. The van der Waals surface area contributed by atoms with E-state index in [2.05, 4.69) is 76.9 Å². The summed E-state index contributed by atoms with van der Waals surface area (Å²) in [6, 6.07) is 24.4. The molecule has 0 aliphatic carbocycles. The molecule has 2 atom stereocenters. The molecule has 5 aliphatic rings. The fourth-order valence-electron chi connectivity index (χ4n) is 10.8. The van der Waals surface area contributed by atoms with Crippen LogP contribution in [-0.2, 0) is 38.4 Å². The summed E-state index contributed by atoms with van der Waals surface area (Å²) < 4.78 is 26.1. The quantitative estimate of drug-likeness (QED) is 0.0270. The summed E-state index contributed by atoms with van der Waals surface area (Å²) in [5.74, 6) is 0.689. The van der Waals surface area contributed by atoms with Crippen LogP contribution in [0.25, 0.3) is 0 Å². The molecule has 0 saturated carbocycles. The van der Waals surface area contributed by atoms with Gasteiger partial charge in [-0.2, -0.15) is 0 Å². The van der Waals surface area contributed by atoms with Crippen molar-refractivity contribution in [1.29, 1.82) is 0 Å². The van der Waals surface area contributed by atoms with Crippen molar-refractivity contribution >= 4 is 57.7 Å². The minimum Gasteiger partial charge on any atom is -0.494 e. The van der Waals surface area contributed by atoms with Gasteiger partial charge in [-0.05, 0) is 129 Å². The first-order valence-electron chi connectivity index (χ1n) is 27.3. The summed E-state index contributed by atoms with van der Waals surface area (Å²) in [7, 11) is 3.72. The van der Waals surface area contributed by atoms with Crippen LogP contribution in [0.1, 0.15) is 96.4 Å². The van der Waals surface area contributed by atoms with Gasteiger partial charge in [0.15, 0.2) is 17.7 Å². The number of aliphatic imine (C=N–C) groups is 2. The van der Waals surface area contributed by atoms with E-state index in [1.54, 1.807) is 23.4 Å². The molecule has 5 aliphatic heterocycles. The third-order valence-electron chi connectivity index (χ3n) is 15.2. The number of benzene rings is 4. The molecular weight excluding hydrogens is 987 g/mol. The lowest BCUT2D eigenvalue weighted by atomic mass is 9.99. The van der Waals surface area contributed by atoms with Gasteiger partial charge in [0.05, 0.1) is 66.7 Å². The molecule has 78 heavy (non-hydrogen) atoms. The summed E-state index contributed by atoms with van der Waals surface area (Å²) in [6.07, 6.45) is 11.3. The van der Waals surface area contributed by atoms with Gasteiger partial charge in [0.2, 0.25) is 0 Å². The smallest absolute Gasteiger partial charge is 0.256 e. The largest absolute Gasteiger partial charge is 0.494 e. The van der Waals surface area contributed by atoms with E-state index in [1.807, 2.05) is 29.8 Å². The normalized spacial score (nSPS) is 17.4. The maximum Gasteiger partial charge on any atom is 0.256 e. The van der Waals surface area contributed by atoms with Gasteiger partial charge < -0.3 is 43.9 Å². The number of amides is 3. The highest BCUT2D eigenvalue weighted by Crippen LogP contribution is 2.39. The number of nitrogens with zero attached hydrogens (tertiary/aromatic N) is 8. The number of imide groups is 1. The van der Waals surface area contributed by atoms with E-state index in [-0.39, 0.29) is 54.1 Å². The number of hydrogen-bond acceptors (Lipinski definition) is 14. The number of ether oxygens (including phenoxy) is 4. The fourth-order valence-corrected chi connectivity index (χ4v) is 10.8. The van der Waals surface area contributed by atoms with Gasteiger partial charge in [-0.15, -0.1) is 0 Å². The van der Waals surface area contributed by atoms with Crippen LogP contribution >= 0.6 is 0 Å². The number of unbranched alkanes of at least 4 members (excludes halogenated alkanes) is 2. The lowest BCUT2D eigenvalue weighted by molar-refractivity contribution is -0.137. The summed E-state index contributed by atoms with van der Waals surface area (Å²) in [5, 5.41) is 0. The second kappa shape index (κ2) is 24.2. The number of nitrogens with two attached hydrogens (primary N) is 1. The van der Waals surface area contributed by atoms with Crippen LogP contribution in [0.5, 0.6) is 17.2 Å². The number of piperazine rings is 1. The standard InChI is InChI=1S/C61H69N9O8/c1-5-76-61(68-38-45(63-39-68)15-17-47(71)10-9-23-69-58(72)21-22-59(69)73)55-30-40(2)37-70(55)60(74)49-35-56(75-4)57(36-50(49)62)78-29-8-6-7-28-77-48-18-12-41(13-19-48)52-33-44-31-42(14-20-51(44)64-52)53-32-43-11-16-46(34-54(43)65-53)67-26-24-66(3)25-27-67/h11-14,16,18-22,31,34-36,38-39,55,61H,2,5-10,15,17,23-30,32-33,37,62H2,1,3-4H3/t55-,61?/m0/s1.